The molecule has 1 N–H and O–H groups in total. The van der Waals surface area contributed by atoms with Crippen molar-refractivity contribution in [3.63, 3.8) is 0 Å². The predicted octanol–water partition coefficient (Wildman–Crippen LogP) is 2.42. The number of aryl methyl sites for hydroxylation is 1. The van der Waals surface area contributed by atoms with E-state index < -0.39 is 0 Å². The Balaban J connectivity index is 1.92. The van der Waals surface area contributed by atoms with Gasteiger partial charge >= 0.3 is 0 Å². The predicted molar refractivity (Wildman–Crippen MR) is 77.3 cm³/mol. The van der Waals surface area contributed by atoms with E-state index in [9.17, 15) is 4.79 Å². The summed E-state index contributed by atoms with van der Waals surface area (Å²) in [4.78, 5) is 14.3. The topological polar surface area (TPSA) is 58.4 Å². The van der Waals surface area contributed by atoms with Crippen LogP contribution in [-0.2, 0) is 4.79 Å². The summed E-state index contributed by atoms with van der Waals surface area (Å²) in [6.45, 7) is 9.75. The summed E-state index contributed by atoms with van der Waals surface area (Å²) in [7, 11) is 0. The molecule has 5 nitrogen and oxygen atoms in total. The monoisotopic (exact) mass is 279 g/mol. The van der Waals surface area contributed by atoms with E-state index in [2.05, 4.69) is 31.2 Å². The van der Waals surface area contributed by atoms with Crippen molar-refractivity contribution in [3.05, 3.63) is 17.5 Å². The molecule has 5 heteroatoms. The molecular weight excluding hydrogens is 254 g/mol. The molecule has 1 aromatic rings. The minimum atomic E-state index is 0.0483. The highest BCUT2D eigenvalue weighted by Gasteiger charge is 2.32. The van der Waals surface area contributed by atoms with Gasteiger partial charge in [-0.25, -0.2) is 0 Å². The van der Waals surface area contributed by atoms with Gasteiger partial charge in [0.05, 0.1) is 11.7 Å². The van der Waals surface area contributed by atoms with Gasteiger partial charge in [-0.2, -0.15) is 0 Å². The summed E-state index contributed by atoms with van der Waals surface area (Å²) in [5, 5.41) is 7.28. The first-order valence-electron chi connectivity index (χ1n) is 7.34. The molecule has 1 aromatic heterocycles. The quantitative estimate of drug-likeness (QED) is 0.919. The molecule has 0 aromatic carbocycles. The van der Waals surface area contributed by atoms with Crippen LogP contribution in [0.25, 0.3) is 0 Å². The second-order valence-electron chi connectivity index (χ2n) is 6.54. The molecule has 1 fully saturated rings. The molecule has 20 heavy (non-hydrogen) atoms. The Morgan fingerprint density at radius 2 is 2.30 bits per heavy atom. The van der Waals surface area contributed by atoms with E-state index in [4.69, 9.17) is 4.52 Å². The van der Waals surface area contributed by atoms with Crippen molar-refractivity contribution < 1.29 is 9.32 Å². The molecule has 1 aliphatic rings. The summed E-state index contributed by atoms with van der Waals surface area (Å²) >= 11 is 0. The largest absolute Gasteiger partial charge is 0.359 e. The summed E-state index contributed by atoms with van der Waals surface area (Å²) in [6, 6.07) is 2.00. The molecule has 1 amide bonds. The van der Waals surface area contributed by atoms with Crippen LogP contribution in [0.5, 0.6) is 0 Å². The number of hydrogen-bond donors (Lipinski definition) is 1. The SMILES string of the molecule is Cc1cc(C2CCCN2C(=O)CCNC(C)(C)C)on1. The molecule has 0 radical (unpaired) electrons. The lowest BCUT2D eigenvalue weighted by Crippen LogP contribution is -2.39. The number of nitrogens with one attached hydrogen (secondary N) is 1. The van der Waals surface area contributed by atoms with Gasteiger partial charge in [0.1, 0.15) is 0 Å². The Morgan fingerprint density at radius 1 is 1.55 bits per heavy atom. The first kappa shape index (κ1) is 15.0. The Labute approximate surface area is 120 Å². The van der Waals surface area contributed by atoms with E-state index >= 15 is 0 Å². The number of carbonyl (C=O) groups excluding carboxylic acids is 1. The lowest BCUT2D eigenvalue weighted by atomic mass is 10.1. The second kappa shape index (κ2) is 5.95. The Kier molecular flexibility index (Phi) is 4.48. The lowest BCUT2D eigenvalue weighted by Gasteiger charge is -2.24. The van der Waals surface area contributed by atoms with E-state index in [1.165, 1.54) is 0 Å². The van der Waals surface area contributed by atoms with Crippen LogP contribution in [0.3, 0.4) is 0 Å². The van der Waals surface area contributed by atoms with E-state index in [0.29, 0.717) is 13.0 Å². The Bertz CT molecular complexity index is 462. The first-order valence-corrected chi connectivity index (χ1v) is 7.34. The second-order valence-corrected chi connectivity index (χ2v) is 6.54. The average molecular weight is 279 g/mol. The van der Waals surface area contributed by atoms with Crippen molar-refractivity contribution in [2.24, 2.45) is 0 Å². The van der Waals surface area contributed by atoms with Gasteiger partial charge in [0.15, 0.2) is 5.76 Å². The van der Waals surface area contributed by atoms with Crippen molar-refractivity contribution in [1.82, 2.24) is 15.4 Å². The van der Waals surface area contributed by atoms with Crippen LogP contribution in [0.4, 0.5) is 0 Å². The zero-order valence-corrected chi connectivity index (χ0v) is 12.9. The third kappa shape index (κ3) is 3.82. The third-order valence-electron chi connectivity index (χ3n) is 3.54. The molecule has 2 rings (SSSR count). The normalized spacial score (nSPS) is 19.6. The molecular formula is C15H25N3O2. The van der Waals surface area contributed by atoms with Gasteiger partial charge in [-0.1, -0.05) is 5.16 Å². The van der Waals surface area contributed by atoms with Gasteiger partial charge in [0.25, 0.3) is 0 Å². The van der Waals surface area contributed by atoms with Gasteiger partial charge in [-0.05, 0) is 40.5 Å². The summed E-state index contributed by atoms with van der Waals surface area (Å²) in [5.41, 5.74) is 0.918. The highest BCUT2D eigenvalue weighted by Crippen LogP contribution is 2.32. The van der Waals surface area contributed by atoms with Gasteiger partial charge in [0, 0.05) is 31.1 Å². The minimum absolute atomic E-state index is 0.0483. The molecule has 0 saturated carbocycles. The van der Waals surface area contributed by atoms with Crippen LogP contribution in [-0.4, -0.2) is 34.6 Å². The van der Waals surface area contributed by atoms with Crippen molar-refractivity contribution in [3.8, 4) is 0 Å². The lowest BCUT2D eigenvalue weighted by molar-refractivity contribution is -0.132. The molecule has 2 heterocycles. The highest BCUT2D eigenvalue weighted by molar-refractivity contribution is 5.77. The molecule has 1 aliphatic heterocycles. The van der Waals surface area contributed by atoms with Crippen molar-refractivity contribution in [2.75, 3.05) is 13.1 Å². The van der Waals surface area contributed by atoms with Crippen molar-refractivity contribution in [2.45, 2.75) is 58.5 Å². The van der Waals surface area contributed by atoms with E-state index in [-0.39, 0.29) is 17.5 Å². The fourth-order valence-electron chi connectivity index (χ4n) is 2.59. The molecule has 0 aliphatic carbocycles. The van der Waals surface area contributed by atoms with Crippen LogP contribution < -0.4 is 5.32 Å². The minimum Gasteiger partial charge on any atom is -0.359 e. The van der Waals surface area contributed by atoms with Gasteiger partial charge in [-0.15, -0.1) is 0 Å². The molecule has 1 atom stereocenters. The van der Waals surface area contributed by atoms with Gasteiger partial charge in [-0.3, -0.25) is 4.79 Å². The molecule has 1 unspecified atom stereocenters. The van der Waals surface area contributed by atoms with Crippen LogP contribution in [0.2, 0.25) is 0 Å². The third-order valence-corrected chi connectivity index (χ3v) is 3.54. The average Bonchev–Trinajstić information content (AvgIpc) is 2.94. The number of nitrogens with zero attached hydrogens (tertiary/aromatic N) is 2. The standard InChI is InChI=1S/C15H25N3O2/c1-11-10-13(20-17-11)12-6-5-9-18(12)14(19)7-8-16-15(2,3)4/h10,12,16H,5-9H2,1-4H3. The van der Waals surface area contributed by atoms with E-state index in [1.807, 2.05) is 17.9 Å². The van der Waals surface area contributed by atoms with Crippen molar-refractivity contribution >= 4 is 5.91 Å². The maximum Gasteiger partial charge on any atom is 0.224 e. The first-order chi connectivity index (χ1) is 9.37. The Hall–Kier alpha value is -1.36. The van der Waals surface area contributed by atoms with Crippen LogP contribution in [0.1, 0.15) is 57.5 Å². The molecule has 0 spiro atoms. The zero-order valence-electron chi connectivity index (χ0n) is 12.9. The molecule has 112 valence electrons. The van der Waals surface area contributed by atoms with E-state index in [1.54, 1.807) is 0 Å². The number of aromatic nitrogens is 1. The smallest absolute Gasteiger partial charge is 0.224 e. The number of carbonyl (C=O) groups is 1. The van der Waals surface area contributed by atoms with Crippen molar-refractivity contribution in [1.29, 1.82) is 0 Å². The number of amides is 1. The Morgan fingerprint density at radius 3 is 2.90 bits per heavy atom. The van der Waals surface area contributed by atoms with Crippen LogP contribution >= 0.6 is 0 Å². The maximum absolute atomic E-state index is 12.3. The van der Waals surface area contributed by atoms with Crippen LogP contribution in [0, 0.1) is 6.92 Å². The fraction of sp³-hybridized carbons (Fsp3) is 0.733. The zero-order chi connectivity index (χ0) is 14.8. The summed E-state index contributed by atoms with van der Waals surface area (Å²) < 4.78 is 5.33. The number of hydrogen-bond acceptors (Lipinski definition) is 4. The van der Waals surface area contributed by atoms with E-state index in [0.717, 1.165) is 30.8 Å². The fourth-order valence-corrected chi connectivity index (χ4v) is 2.59. The number of likely N-dealkylation sites (tertiary alicyclic amines) is 1. The number of rotatable bonds is 4. The maximum atomic E-state index is 12.3. The highest BCUT2D eigenvalue weighted by atomic mass is 16.5. The molecule has 1 saturated heterocycles. The van der Waals surface area contributed by atoms with Gasteiger partial charge < -0.3 is 14.7 Å². The summed E-state index contributed by atoms with van der Waals surface area (Å²) in [5.74, 6) is 1.01. The van der Waals surface area contributed by atoms with Gasteiger partial charge in [0.2, 0.25) is 5.91 Å². The summed E-state index contributed by atoms with van der Waals surface area (Å²) in [6.07, 6.45) is 2.52. The molecule has 0 bridgehead atoms. The van der Waals surface area contributed by atoms with Crippen LogP contribution in [0.15, 0.2) is 10.6 Å².